The first-order chi connectivity index (χ1) is 8.82. The van der Waals surface area contributed by atoms with Crippen LogP contribution in [0.25, 0.3) is 0 Å². The first-order valence-electron chi connectivity index (χ1n) is 6.02. The smallest absolute Gasteiger partial charge is 0.326 e. The summed E-state index contributed by atoms with van der Waals surface area (Å²) in [6.45, 7) is 2.52. The van der Waals surface area contributed by atoms with Crippen LogP contribution < -0.4 is 16.4 Å². The number of nitrogens with one attached hydrogen (secondary N) is 2. The molecular formula is C11H19N3O4S. The highest BCUT2D eigenvalue weighted by Crippen LogP contribution is 2.36. The zero-order valence-corrected chi connectivity index (χ0v) is 11.6. The maximum absolute atomic E-state index is 11.6. The molecule has 0 aromatic rings. The summed E-state index contributed by atoms with van der Waals surface area (Å²) in [5.74, 6) is -0.986. The highest BCUT2D eigenvalue weighted by atomic mass is 32.2. The predicted molar refractivity (Wildman–Crippen MR) is 71.9 cm³/mol. The molecule has 0 aromatic heterocycles. The summed E-state index contributed by atoms with van der Waals surface area (Å²) in [4.78, 5) is 33.1. The fourth-order valence-corrected chi connectivity index (χ4v) is 3.10. The van der Waals surface area contributed by atoms with Crippen molar-refractivity contribution in [3.8, 4) is 0 Å². The summed E-state index contributed by atoms with van der Waals surface area (Å²) in [5.41, 5.74) is 4.92. The molecule has 1 saturated heterocycles. The Morgan fingerprint density at radius 1 is 1.47 bits per heavy atom. The first-order valence-corrected chi connectivity index (χ1v) is 7.00. The summed E-state index contributed by atoms with van der Waals surface area (Å²) < 4.78 is -0.000251. The average molecular weight is 289 g/mol. The van der Waals surface area contributed by atoms with Crippen molar-refractivity contribution in [2.45, 2.75) is 37.0 Å². The van der Waals surface area contributed by atoms with Crippen molar-refractivity contribution in [1.82, 2.24) is 10.6 Å². The Kier molecular flexibility index (Phi) is 5.46. The molecule has 0 saturated carbocycles. The van der Waals surface area contributed by atoms with Gasteiger partial charge in [0.25, 0.3) is 0 Å². The molecule has 1 aliphatic heterocycles. The number of aliphatic carboxylic acids is 1. The number of thioether (sulfide) groups is 1. The minimum Gasteiger partial charge on any atom is -0.480 e. The Morgan fingerprint density at radius 2 is 2.16 bits per heavy atom. The quantitative estimate of drug-likeness (QED) is 0.544. The summed E-state index contributed by atoms with van der Waals surface area (Å²) in [6, 6.07) is -1.89. The second kappa shape index (κ2) is 6.65. The zero-order valence-electron chi connectivity index (χ0n) is 10.8. The van der Waals surface area contributed by atoms with Gasteiger partial charge in [-0.05, 0) is 25.5 Å². The molecule has 1 rings (SSSR count). The predicted octanol–water partition coefficient (Wildman–Crippen LogP) is -0.100. The lowest BCUT2D eigenvalue weighted by Gasteiger charge is -2.23. The Bertz CT molecular complexity index is 369. The van der Waals surface area contributed by atoms with Gasteiger partial charge < -0.3 is 21.5 Å². The number of nitrogens with two attached hydrogens (primary N) is 1. The number of hydrogen-bond acceptors (Lipinski definition) is 4. The molecule has 0 aliphatic carbocycles. The van der Waals surface area contributed by atoms with E-state index >= 15 is 0 Å². The number of carboxylic acids is 1. The number of amides is 3. The molecule has 3 amide bonds. The first kappa shape index (κ1) is 15.6. The molecule has 2 atom stereocenters. The van der Waals surface area contributed by atoms with Gasteiger partial charge in [0.15, 0.2) is 0 Å². The number of carbonyl (C=O) groups excluding carboxylic acids is 2. The van der Waals surface area contributed by atoms with Crippen LogP contribution in [-0.2, 0) is 9.59 Å². The van der Waals surface area contributed by atoms with E-state index in [0.29, 0.717) is 6.54 Å². The van der Waals surface area contributed by atoms with Crippen LogP contribution in [0.4, 0.5) is 4.79 Å². The van der Waals surface area contributed by atoms with Gasteiger partial charge in [-0.15, -0.1) is 0 Å². The molecular weight excluding hydrogens is 270 g/mol. The van der Waals surface area contributed by atoms with Crippen LogP contribution >= 0.6 is 11.8 Å². The van der Waals surface area contributed by atoms with Crippen LogP contribution in [0.15, 0.2) is 0 Å². The van der Waals surface area contributed by atoms with E-state index in [2.05, 4.69) is 17.6 Å². The normalized spacial score (nSPS) is 23.6. The number of urea groups is 1. The molecule has 8 heteroatoms. The van der Waals surface area contributed by atoms with Gasteiger partial charge in [-0.1, -0.05) is 0 Å². The van der Waals surface area contributed by atoms with Crippen molar-refractivity contribution < 1.29 is 19.5 Å². The van der Waals surface area contributed by atoms with E-state index in [1.54, 1.807) is 11.8 Å². The monoisotopic (exact) mass is 289 g/mol. The van der Waals surface area contributed by atoms with E-state index in [1.807, 2.05) is 0 Å². The lowest BCUT2D eigenvalue weighted by Crippen LogP contribution is -2.49. The average Bonchev–Trinajstić information content (AvgIpc) is 2.73. The maximum atomic E-state index is 11.6. The van der Waals surface area contributed by atoms with Gasteiger partial charge in [-0.3, -0.25) is 4.79 Å². The number of hydrogen-bond donors (Lipinski definition) is 4. The second-order valence-electron chi connectivity index (χ2n) is 4.79. The van der Waals surface area contributed by atoms with E-state index in [1.165, 1.54) is 0 Å². The minimum absolute atomic E-state index is 0.000251. The molecule has 108 valence electrons. The fraction of sp³-hybridized carbons (Fsp3) is 0.727. The van der Waals surface area contributed by atoms with Crippen molar-refractivity contribution in [3.63, 3.8) is 0 Å². The summed E-state index contributed by atoms with van der Waals surface area (Å²) in [7, 11) is 0. The Hall–Kier alpha value is -1.44. The van der Waals surface area contributed by atoms with E-state index < -0.39 is 30.4 Å². The fourth-order valence-electron chi connectivity index (χ4n) is 1.85. The largest absolute Gasteiger partial charge is 0.480 e. The van der Waals surface area contributed by atoms with Gasteiger partial charge in [0.2, 0.25) is 5.91 Å². The van der Waals surface area contributed by atoms with Crippen LogP contribution in [0.5, 0.6) is 0 Å². The van der Waals surface area contributed by atoms with Gasteiger partial charge >= 0.3 is 12.0 Å². The SMILES string of the molecule is CC1(CNC(=O)NC(CC(N)=O)C(=O)O)CCCS1. The van der Waals surface area contributed by atoms with Gasteiger partial charge in [0.1, 0.15) is 6.04 Å². The molecule has 7 nitrogen and oxygen atoms in total. The third-order valence-electron chi connectivity index (χ3n) is 2.93. The Labute approximate surface area is 115 Å². The van der Waals surface area contributed by atoms with Crippen LogP contribution in [-0.4, -0.2) is 46.1 Å². The molecule has 0 aromatic carbocycles. The van der Waals surface area contributed by atoms with Crippen LogP contribution in [0.1, 0.15) is 26.2 Å². The zero-order chi connectivity index (χ0) is 14.5. The molecule has 19 heavy (non-hydrogen) atoms. The number of rotatable bonds is 6. The van der Waals surface area contributed by atoms with Crippen molar-refractivity contribution >= 4 is 29.7 Å². The van der Waals surface area contributed by atoms with Crippen molar-refractivity contribution in [2.24, 2.45) is 5.73 Å². The second-order valence-corrected chi connectivity index (χ2v) is 6.47. The van der Waals surface area contributed by atoms with Crippen LogP contribution in [0.3, 0.4) is 0 Å². The molecule has 0 radical (unpaired) electrons. The molecule has 5 N–H and O–H groups in total. The molecule has 1 aliphatic rings. The highest BCUT2D eigenvalue weighted by molar-refractivity contribution is 8.00. The topological polar surface area (TPSA) is 122 Å². The lowest BCUT2D eigenvalue weighted by molar-refractivity contribution is -0.140. The molecule has 2 unspecified atom stereocenters. The summed E-state index contributed by atoms with van der Waals surface area (Å²) >= 11 is 1.79. The van der Waals surface area contributed by atoms with Gasteiger partial charge in [-0.25, -0.2) is 9.59 Å². The summed E-state index contributed by atoms with van der Waals surface area (Å²) in [6.07, 6.45) is 1.71. The lowest BCUT2D eigenvalue weighted by atomic mass is 10.1. The van der Waals surface area contributed by atoms with Crippen molar-refractivity contribution in [1.29, 1.82) is 0 Å². The summed E-state index contributed by atoms with van der Waals surface area (Å²) in [5, 5.41) is 13.7. The van der Waals surface area contributed by atoms with Crippen molar-refractivity contribution in [3.05, 3.63) is 0 Å². The Balaban J connectivity index is 2.40. The standard InChI is InChI=1S/C11H19N3O4S/c1-11(3-2-4-19-11)6-13-10(18)14-7(9(16)17)5-8(12)15/h7H,2-6H2,1H3,(H2,12,15)(H,16,17)(H2,13,14,18). The number of carboxylic acid groups (broad SMARTS) is 1. The molecule has 1 heterocycles. The van der Waals surface area contributed by atoms with E-state index in [-0.39, 0.29) is 4.75 Å². The molecule has 0 spiro atoms. The van der Waals surface area contributed by atoms with Crippen molar-refractivity contribution in [2.75, 3.05) is 12.3 Å². The van der Waals surface area contributed by atoms with Crippen LogP contribution in [0.2, 0.25) is 0 Å². The van der Waals surface area contributed by atoms with Gasteiger partial charge in [0.05, 0.1) is 6.42 Å². The van der Waals surface area contributed by atoms with Gasteiger partial charge in [-0.2, -0.15) is 11.8 Å². The van der Waals surface area contributed by atoms with Gasteiger partial charge in [0, 0.05) is 11.3 Å². The number of primary amides is 1. The van der Waals surface area contributed by atoms with E-state index in [4.69, 9.17) is 10.8 Å². The molecule has 1 fully saturated rings. The number of carbonyl (C=O) groups is 3. The Morgan fingerprint density at radius 3 is 2.63 bits per heavy atom. The highest BCUT2D eigenvalue weighted by Gasteiger charge is 2.30. The third kappa shape index (κ3) is 5.37. The van der Waals surface area contributed by atoms with E-state index in [0.717, 1.165) is 18.6 Å². The minimum atomic E-state index is -1.29. The molecule has 0 bridgehead atoms. The third-order valence-corrected chi connectivity index (χ3v) is 4.47. The van der Waals surface area contributed by atoms with E-state index in [9.17, 15) is 14.4 Å². The maximum Gasteiger partial charge on any atom is 0.326 e. The van der Waals surface area contributed by atoms with Crippen LogP contribution in [0, 0.1) is 0 Å².